The molecule has 5 heteroatoms. The van der Waals surface area contributed by atoms with Crippen LogP contribution >= 0.6 is 0 Å². The highest BCUT2D eigenvalue weighted by Gasteiger charge is 2.44. The van der Waals surface area contributed by atoms with Crippen molar-refractivity contribution >= 4 is 11.9 Å². The van der Waals surface area contributed by atoms with E-state index in [0.717, 1.165) is 11.1 Å². The van der Waals surface area contributed by atoms with E-state index in [2.05, 4.69) is 5.32 Å². The lowest BCUT2D eigenvalue weighted by Crippen LogP contribution is -2.38. The van der Waals surface area contributed by atoms with Crippen LogP contribution in [0.4, 0.5) is 0 Å². The van der Waals surface area contributed by atoms with Crippen molar-refractivity contribution in [1.82, 2.24) is 5.32 Å². The molecular formula is C23H27NO4. The highest BCUT2D eigenvalue weighted by Crippen LogP contribution is 2.34. The van der Waals surface area contributed by atoms with E-state index < -0.39 is 17.6 Å². The second kappa shape index (κ2) is 8.57. The van der Waals surface area contributed by atoms with Gasteiger partial charge >= 0.3 is 11.9 Å². The predicted molar refractivity (Wildman–Crippen MR) is 106 cm³/mol. The number of rotatable bonds is 5. The molecule has 0 spiro atoms. The monoisotopic (exact) mass is 381 g/mol. The van der Waals surface area contributed by atoms with Crippen LogP contribution < -0.4 is 5.32 Å². The lowest BCUT2D eigenvalue weighted by atomic mass is 9.93. The van der Waals surface area contributed by atoms with Gasteiger partial charge in [0.2, 0.25) is 0 Å². The average Bonchev–Trinajstić information content (AvgIpc) is 3.12. The molecule has 1 saturated heterocycles. The van der Waals surface area contributed by atoms with Crippen LogP contribution in [0.15, 0.2) is 60.7 Å². The van der Waals surface area contributed by atoms with Crippen LogP contribution in [-0.2, 0) is 25.7 Å². The molecule has 3 atom stereocenters. The van der Waals surface area contributed by atoms with Crippen molar-refractivity contribution in [2.75, 3.05) is 0 Å². The van der Waals surface area contributed by atoms with Crippen molar-refractivity contribution in [2.24, 2.45) is 5.92 Å². The summed E-state index contributed by atoms with van der Waals surface area (Å²) in [6.07, 6.45) is 0.349. The predicted octanol–water partition coefficient (Wildman–Crippen LogP) is 3.79. The average molecular weight is 381 g/mol. The number of ether oxygens (including phenoxy) is 2. The molecule has 1 aliphatic heterocycles. The van der Waals surface area contributed by atoms with Gasteiger partial charge < -0.3 is 9.47 Å². The van der Waals surface area contributed by atoms with Gasteiger partial charge in [-0.15, -0.1) is 0 Å². The second-order valence-electron chi connectivity index (χ2n) is 8.08. The Labute approximate surface area is 166 Å². The van der Waals surface area contributed by atoms with E-state index in [1.165, 1.54) is 0 Å². The Morgan fingerprint density at radius 1 is 0.964 bits per heavy atom. The zero-order valence-electron chi connectivity index (χ0n) is 16.6. The maximum atomic E-state index is 12.8. The minimum Gasteiger partial charge on any atom is -0.461 e. The van der Waals surface area contributed by atoms with Gasteiger partial charge in [-0.25, -0.2) is 0 Å². The molecule has 0 aromatic heterocycles. The number of esters is 2. The molecule has 5 nitrogen and oxygen atoms in total. The number of hydrogen-bond donors (Lipinski definition) is 1. The maximum Gasteiger partial charge on any atom is 0.323 e. The van der Waals surface area contributed by atoms with Crippen LogP contribution in [0.25, 0.3) is 0 Å². The SMILES string of the molecule is CC(C)(C)OC(=O)C1CC(C(=O)OCc2ccccc2)C(c2ccccc2)N1. The number of carbonyl (C=O) groups excluding carboxylic acids is 2. The Morgan fingerprint density at radius 3 is 2.18 bits per heavy atom. The van der Waals surface area contributed by atoms with Crippen LogP contribution in [0.2, 0.25) is 0 Å². The zero-order chi connectivity index (χ0) is 20.1. The minimum absolute atomic E-state index is 0.217. The van der Waals surface area contributed by atoms with Crippen molar-refractivity contribution < 1.29 is 19.1 Å². The van der Waals surface area contributed by atoms with E-state index in [1.807, 2.05) is 81.4 Å². The van der Waals surface area contributed by atoms with Crippen LogP contribution in [0.3, 0.4) is 0 Å². The first-order valence-electron chi connectivity index (χ1n) is 9.58. The molecule has 0 saturated carbocycles. The molecule has 1 fully saturated rings. The molecule has 3 rings (SSSR count). The standard InChI is InChI=1S/C23H27NO4/c1-23(2,3)28-22(26)19-14-18(20(24-19)17-12-8-5-9-13-17)21(25)27-15-16-10-6-4-7-11-16/h4-13,18-20,24H,14-15H2,1-3H3. The van der Waals surface area contributed by atoms with Crippen LogP contribution in [0.1, 0.15) is 44.4 Å². The quantitative estimate of drug-likeness (QED) is 0.799. The van der Waals surface area contributed by atoms with Crippen molar-refractivity contribution in [2.45, 2.75) is 51.5 Å². The Kier molecular flexibility index (Phi) is 6.15. The van der Waals surface area contributed by atoms with Gasteiger partial charge in [-0.2, -0.15) is 0 Å². The second-order valence-corrected chi connectivity index (χ2v) is 8.08. The first-order valence-corrected chi connectivity index (χ1v) is 9.58. The normalized spacial score (nSPS) is 21.9. The van der Waals surface area contributed by atoms with Gasteiger partial charge in [0.15, 0.2) is 0 Å². The van der Waals surface area contributed by atoms with Gasteiger partial charge in [-0.1, -0.05) is 60.7 Å². The molecule has 1 heterocycles. The highest BCUT2D eigenvalue weighted by molar-refractivity contribution is 5.81. The summed E-state index contributed by atoms with van der Waals surface area (Å²) in [6, 6.07) is 18.4. The summed E-state index contributed by atoms with van der Waals surface area (Å²) in [6.45, 7) is 5.72. The summed E-state index contributed by atoms with van der Waals surface area (Å²) in [5.74, 6) is -1.10. The third-order valence-corrected chi connectivity index (χ3v) is 4.65. The van der Waals surface area contributed by atoms with Crippen molar-refractivity contribution in [1.29, 1.82) is 0 Å². The van der Waals surface area contributed by atoms with E-state index in [4.69, 9.17) is 9.47 Å². The smallest absolute Gasteiger partial charge is 0.323 e. The van der Waals surface area contributed by atoms with Crippen molar-refractivity contribution in [3.05, 3.63) is 71.8 Å². The van der Waals surface area contributed by atoms with Crippen molar-refractivity contribution in [3.63, 3.8) is 0 Å². The van der Waals surface area contributed by atoms with E-state index in [-0.39, 0.29) is 24.6 Å². The lowest BCUT2D eigenvalue weighted by Gasteiger charge is -2.22. The maximum absolute atomic E-state index is 12.8. The number of nitrogens with one attached hydrogen (secondary N) is 1. The summed E-state index contributed by atoms with van der Waals surface area (Å²) in [5.41, 5.74) is 1.31. The molecule has 0 bridgehead atoms. The minimum atomic E-state index is -0.576. The number of benzene rings is 2. The van der Waals surface area contributed by atoms with Crippen molar-refractivity contribution in [3.8, 4) is 0 Å². The van der Waals surface area contributed by atoms with E-state index >= 15 is 0 Å². The Bertz CT molecular complexity index is 798. The van der Waals surface area contributed by atoms with Crippen LogP contribution in [0.5, 0.6) is 0 Å². The zero-order valence-corrected chi connectivity index (χ0v) is 16.6. The van der Waals surface area contributed by atoms with Crippen LogP contribution in [0, 0.1) is 5.92 Å². The topological polar surface area (TPSA) is 64.6 Å². The van der Waals surface area contributed by atoms with E-state index in [0.29, 0.717) is 6.42 Å². The van der Waals surface area contributed by atoms with Gasteiger partial charge in [0.25, 0.3) is 0 Å². The summed E-state index contributed by atoms with van der Waals surface area (Å²) < 4.78 is 11.1. The lowest BCUT2D eigenvalue weighted by molar-refractivity contribution is -0.157. The fourth-order valence-corrected chi connectivity index (χ4v) is 3.39. The third kappa shape index (κ3) is 5.20. The Hall–Kier alpha value is -2.66. The Balaban J connectivity index is 1.73. The molecule has 1 N–H and O–H groups in total. The summed E-state index contributed by atoms with van der Waals surface area (Å²) in [7, 11) is 0. The van der Waals surface area contributed by atoms with E-state index in [9.17, 15) is 9.59 Å². The first-order chi connectivity index (χ1) is 13.3. The van der Waals surface area contributed by atoms with Gasteiger partial charge in [-0.3, -0.25) is 14.9 Å². The molecular weight excluding hydrogens is 354 g/mol. The summed E-state index contributed by atoms with van der Waals surface area (Å²) >= 11 is 0. The molecule has 0 amide bonds. The third-order valence-electron chi connectivity index (χ3n) is 4.65. The fraction of sp³-hybridized carbons (Fsp3) is 0.391. The number of hydrogen-bond acceptors (Lipinski definition) is 5. The highest BCUT2D eigenvalue weighted by atomic mass is 16.6. The molecule has 0 radical (unpaired) electrons. The van der Waals surface area contributed by atoms with Crippen LogP contribution in [-0.4, -0.2) is 23.6 Å². The molecule has 2 aromatic carbocycles. The molecule has 0 aliphatic carbocycles. The molecule has 28 heavy (non-hydrogen) atoms. The molecule has 1 aliphatic rings. The molecule has 2 aromatic rings. The first kappa shape index (κ1) is 20.1. The molecule has 148 valence electrons. The van der Waals surface area contributed by atoms with Gasteiger partial charge in [-0.05, 0) is 38.3 Å². The number of carbonyl (C=O) groups is 2. The summed E-state index contributed by atoms with van der Waals surface area (Å²) in [4.78, 5) is 25.4. The Morgan fingerprint density at radius 2 is 1.57 bits per heavy atom. The molecule has 3 unspecified atom stereocenters. The van der Waals surface area contributed by atoms with E-state index in [1.54, 1.807) is 0 Å². The van der Waals surface area contributed by atoms with Gasteiger partial charge in [0.1, 0.15) is 18.2 Å². The van der Waals surface area contributed by atoms with Gasteiger partial charge in [0, 0.05) is 6.04 Å². The largest absolute Gasteiger partial charge is 0.461 e. The fourth-order valence-electron chi connectivity index (χ4n) is 3.39. The summed E-state index contributed by atoms with van der Waals surface area (Å²) in [5, 5.41) is 3.28. The van der Waals surface area contributed by atoms with Gasteiger partial charge in [0.05, 0.1) is 5.92 Å².